The van der Waals surface area contributed by atoms with E-state index in [9.17, 15) is 4.79 Å². The molecule has 8 nitrogen and oxygen atoms in total. The SMILES string of the molecule is CCN1CCCCC1.COc1ccc(-c2cccc3nc(Nc4ccc(C(N)=O)cc4)nn23)cc1. The van der Waals surface area contributed by atoms with Gasteiger partial charge in [0.2, 0.25) is 11.9 Å². The Bertz CT molecular complexity index is 1250. The van der Waals surface area contributed by atoms with Gasteiger partial charge in [-0.1, -0.05) is 19.4 Å². The highest BCUT2D eigenvalue weighted by Crippen LogP contribution is 2.24. The number of nitrogens with zero attached hydrogens (tertiary/aromatic N) is 4. The fourth-order valence-electron chi connectivity index (χ4n) is 4.06. The van der Waals surface area contributed by atoms with E-state index in [4.69, 9.17) is 10.5 Å². The van der Waals surface area contributed by atoms with Crippen molar-refractivity contribution in [3.8, 4) is 17.0 Å². The Hall–Kier alpha value is -3.91. The van der Waals surface area contributed by atoms with E-state index in [1.54, 1.807) is 35.9 Å². The highest BCUT2D eigenvalue weighted by molar-refractivity contribution is 5.93. The Kier molecular flexibility index (Phi) is 7.95. The molecule has 1 amide bonds. The van der Waals surface area contributed by atoms with Gasteiger partial charge in [0.25, 0.3) is 0 Å². The van der Waals surface area contributed by atoms with E-state index in [0.29, 0.717) is 11.5 Å². The minimum absolute atomic E-state index is 0.449. The molecule has 1 saturated heterocycles. The van der Waals surface area contributed by atoms with Crippen LogP contribution in [0.1, 0.15) is 36.5 Å². The fourth-order valence-corrected chi connectivity index (χ4v) is 4.06. The Balaban J connectivity index is 0.000000308. The first-order valence-electron chi connectivity index (χ1n) is 12.0. The summed E-state index contributed by atoms with van der Waals surface area (Å²) in [5, 5.41) is 7.70. The zero-order valence-electron chi connectivity index (χ0n) is 20.3. The molecule has 1 fully saturated rings. The Morgan fingerprint density at radius 1 is 1.00 bits per heavy atom. The molecule has 4 aromatic rings. The van der Waals surface area contributed by atoms with Crippen LogP contribution in [0.4, 0.5) is 11.6 Å². The van der Waals surface area contributed by atoms with Crippen LogP contribution in [0, 0.1) is 0 Å². The molecule has 0 bridgehead atoms. The van der Waals surface area contributed by atoms with Crippen molar-refractivity contribution in [3.05, 3.63) is 72.3 Å². The first kappa shape index (κ1) is 24.2. The largest absolute Gasteiger partial charge is 0.497 e. The number of carbonyl (C=O) groups excluding carboxylic acids is 1. The molecule has 5 rings (SSSR count). The first-order valence-corrected chi connectivity index (χ1v) is 12.0. The summed E-state index contributed by atoms with van der Waals surface area (Å²) in [6.45, 7) is 6.18. The van der Waals surface area contributed by atoms with Crippen molar-refractivity contribution in [1.29, 1.82) is 0 Å². The number of pyridine rings is 1. The van der Waals surface area contributed by atoms with Crippen molar-refractivity contribution in [2.24, 2.45) is 5.73 Å². The lowest BCUT2D eigenvalue weighted by Gasteiger charge is -2.24. The number of ether oxygens (including phenoxy) is 1. The van der Waals surface area contributed by atoms with E-state index in [0.717, 1.165) is 28.3 Å². The summed E-state index contributed by atoms with van der Waals surface area (Å²) in [4.78, 5) is 18.2. The number of hydrogen-bond acceptors (Lipinski definition) is 6. The highest BCUT2D eigenvalue weighted by Gasteiger charge is 2.10. The van der Waals surface area contributed by atoms with Crippen molar-refractivity contribution >= 4 is 23.2 Å². The number of piperidine rings is 1. The molecule has 0 aliphatic carbocycles. The smallest absolute Gasteiger partial charge is 0.248 e. The average Bonchev–Trinajstić information content (AvgIpc) is 3.32. The number of primary amides is 1. The lowest BCUT2D eigenvalue weighted by molar-refractivity contribution is 0.100. The standard InChI is InChI=1S/C20H17N5O2.C7H15N/c1-27-16-11-7-13(8-12-16)17-3-2-4-18-23-20(24-25(17)18)22-15-9-5-14(6-10-15)19(21)26;1-2-8-6-4-3-5-7-8/h2-12H,1H3,(H2,21,26)(H,22,24);2-7H2,1H3. The van der Waals surface area contributed by atoms with Crippen molar-refractivity contribution in [3.63, 3.8) is 0 Å². The summed E-state index contributed by atoms with van der Waals surface area (Å²) in [6.07, 6.45) is 4.30. The number of amides is 1. The molecular weight excluding hydrogens is 440 g/mol. The second-order valence-electron chi connectivity index (χ2n) is 8.41. The number of benzene rings is 2. The number of hydrogen-bond donors (Lipinski definition) is 2. The molecule has 3 heterocycles. The van der Waals surface area contributed by atoms with Crippen LogP contribution in [0.15, 0.2) is 66.7 Å². The zero-order chi connectivity index (χ0) is 24.6. The molecule has 2 aromatic heterocycles. The van der Waals surface area contributed by atoms with Gasteiger partial charge in [0.05, 0.1) is 12.8 Å². The maximum atomic E-state index is 11.2. The van der Waals surface area contributed by atoms with E-state index < -0.39 is 5.91 Å². The van der Waals surface area contributed by atoms with Crippen molar-refractivity contribution in [2.75, 3.05) is 32.1 Å². The zero-order valence-corrected chi connectivity index (χ0v) is 20.3. The topological polar surface area (TPSA) is 97.8 Å². The lowest BCUT2D eigenvalue weighted by atomic mass is 10.1. The Morgan fingerprint density at radius 2 is 1.71 bits per heavy atom. The van der Waals surface area contributed by atoms with Gasteiger partial charge in [0, 0.05) is 16.8 Å². The van der Waals surface area contributed by atoms with Gasteiger partial charge in [-0.05, 0) is 93.1 Å². The van der Waals surface area contributed by atoms with E-state index in [-0.39, 0.29) is 0 Å². The van der Waals surface area contributed by atoms with Crippen LogP contribution in [-0.4, -0.2) is 52.1 Å². The summed E-state index contributed by atoms with van der Waals surface area (Å²) in [5.41, 5.74) is 9.12. The number of fused-ring (bicyclic) bond motifs is 1. The van der Waals surface area contributed by atoms with Gasteiger partial charge in [0.1, 0.15) is 5.75 Å². The molecule has 0 spiro atoms. The highest BCUT2D eigenvalue weighted by atomic mass is 16.5. The minimum Gasteiger partial charge on any atom is -0.497 e. The van der Waals surface area contributed by atoms with Crippen molar-refractivity contribution < 1.29 is 9.53 Å². The quantitative estimate of drug-likeness (QED) is 0.421. The fraction of sp³-hybridized carbons (Fsp3) is 0.296. The second-order valence-corrected chi connectivity index (χ2v) is 8.41. The van der Waals surface area contributed by atoms with Gasteiger partial charge < -0.3 is 20.7 Å². The number of nitrogens with two attached hydrogens (primary N) is 1. The van der Waals surface area contributed by atoms with Gasteiger partial charge in [0.15, 0.2) is 5.65 Å². The molecule has 0 radical (unpaired) electrons. The lowest BCUT2D eigenvalue weighted by Crippen LogP contribution is -2.29. The van der Waals surface area contributed by atoms with Gasteiger partial charge in [-0.2, -0.15) is 4.98 Å². The summed E-state index contributed by atoms with van der Waals surface area (Å²) in [5.74, 6) is 0.797. The third-order valence-corrected chi connectivity index (χ3v) is 6.07. The van der Waals surface area contributed by atoms with Crippen LogP contribution in [0.2, 0.25) is 0 Å². The van der Waals surface area contributed by atoms with E-state index >= 15 is 0 Å². The normalized spacial score (nSPS) is 13.7. The molecule has 1 aliphatic rings. The van der Waals surface area contributed by atoms with Gasteiger partial charge in [-0.15, -0.1) is 5.10 Å². The third-order valence-electron chi connectivity index (χ3n) is 6.07. The molecule has 8 heteroatoms. The predicted octanol–water partition coefficient (Wildman–Crippen LogP) is 4.74. The molecule has 3 N–H and O–H groups in total. The molecule has 0 atom stereocenters. The van der Waals surface area contributed by atoms with Crippen LogP contribution >= 0.6 is 0 Å². The molecule has 182 valence electrons. The van der Waals surface area contributed by atoms with Crippen LogP contribution in [0.5, 0.6) is 5.75 Å². The summed E-state index contributed by atoms with van der Waals surface area (Å²) in [6, 6.07) is 20.4. The van der Waals surface area contributed by atoms with Crippen LogP contribution in [0.25, 0.3) is 16.9 Å². The molecule has 0 unspecified atom stereocenters. The molecule has 1 aliphatic heterocycles. The number of methoxy groups -OCH3 is 1. The van der Waals surface area contributed by atoms with Gasteiger partial charge in [-0.25, -0.2) is 4.52 Å². The number of carbonyl (C=O) groups is 1. The van der Waals surface area contributed by atoms with Crippen LogP contribution in [-0.2, 0) is 0 Å². The number of aromatic nitrogens is 3. The summed E-state index contributed by atoms with van der Waals surface area (Å²) in [7, 11) is 1.64. The van der Waals surface area contributed by atoms with Crippen molar-refractivity contribution in [1.82, 2.24) is 19.5 Å². The predicted molar refractivity (Wildman–Crippen MR) is 139 cm³/mol. The van der Waals surface area contributed by atoms with Gasteiger partial charge >= 0.3 is 0 Å². The van der Waals surface area contributed by atoms with E-state index in [1.165, 1.54) is 38.9 Å². The molecule has 35 heavy (non-hydrogen) atoms. The van der Waals surface area contributed by atoms with Crippen LogP contribution in [0.3, 0.4) is 0 Å². The maximum absolute atomic E-state index is 11.2. The molecule has 2 aromatic carbocycles. The number of rotatable bonds is 6. The Morgan fingerprint density at radius 3 is 2.31 bits per heavy atom. The molecule has 0 saturated carbocycles. The average molecular weight is 473 g/mol. The second kappa shape index (κ2) is 11.5. The van der Waals surface area contributed by atoms with E-state index in [2.05, 4.69) is 27.2 Å². The summed E-state index contributed by atoms with van der Waals surface area (Å²) >= 11 is 0. The number of anilines is 2. The monoisotopic (exact) mass is 472 g/mol. The van der Waals surface area contributed by atoms with Crippen molar-refractivity contribution in [2.45, 2.75) is 26.2 Å². The summed E-state index contributed by atoms with van der Waals surface area (Å²) < 4.78 is 6.99. The number of likely N-dealkylation sites (tertiary alicyclic amines) is 1. The Labute approximate surface area is 205 Å². The third kappa shape index (κ3) is 6.16. The van der Waals surface area contributed by atoms with Crippen LogP contribution < -0.4 is 15.8 Å². The minimum atomic E-state index is -0.462. The molecular formula is C27H32N6O2. The maximum Gasteiger partial charge on any atom is 0.248 e. The number of nitrogens with one attached hydrogen (secondary N) is 1. The van der Waals surface area contributed by atoms with Gasteiger partial charge in [-0.3, -0.25) is 4.79 Å². The first-order chi connectivity index (χ1) is 17.1. The van der Waals surface area contributed by atoms with E-state index in [1.807, 2.05) is 42.5 Å².